The van der Waals surface area contributed by atoms with Gasteiger partial charge >= 0.3 is 0 Å². The number of hydrogen-bond donors (Lipinski definition) is 3. The number of thiocarbonyl (C=S) groups is 1. The number of benzene rings is 2. The molecule has 0 unspecified atom stereocenters. The van der Waals surface area contributed by atoms with E-state index >= 15 is 0 Å². The van der Waals surface area contributed by atoms with E-state index < -0.39 is 0 Å². The van der Waals surface area contributed by atoms with Crippen molar-refractivity contribution < 1.29 is 4.79 Å². The number of carbonyl (C=O) groups is 1. The highest BCUT2D eigenvalue weighted by molar-refractivity contribution is 7.80. The Morgan fingerprint density at radius 1 is 1.12 bits per heavy atom. The van der Waals surface area contributed by atoms with Crippen molar-refractivity contribution in [3.05, 3.63) is 59.1 Å². The van der Waals surface area contributed by atoms with Crippen LogP contribution in [0.15, 0.2) is 53.5 Å². The number of nitrogens with one attached hydrogen (secondary N) is 2. The molecule has 8 heteroatoms. The molecule has 130 valence electrons. The molecule has 0 aliphatic heterocycles. The van der Waals surface area contributed by atoms with Crippen LogP contribution in [-0.4, -0.2) is 31.1 Å². The van der Waals surface area contributed by atoms with E-state index in [0.29, 0.717) is 10.6 Å². The van der Waals surface area contributed by atoms with Gasteiger partial charge in [-0.3, -0.25) is 10.1 Å². The zero-order chi connectivity index (χ0) is 18.4. The number of nitrogens with zero attached hydrogens (tertiary/aromatic N) is 2. The van der Waals surface area contributed by atoms with Crippen LogP contribution in [0.2, 0.25) is 5.02 Å². The molecule has 1 amide bonds. The molecule has 25 heavy (non-hydrogen) atoms. The Morgan fingerprint density at radius 2 is 1.72 bits per heavy atom. The van der Waals surface area contributed by atoms with Crippen molar-refractivity contribution in [2.24, 2.45) is 10.7 Å². The van der Waals surface area contributed by atoms with Crippen LogP contribution in [0, 0.1) is 0 Å². The molecule has 0 heterocycles. The van der Waals surface area contributed by atoms with Crippen LogP contribution in [0.5, 0.6) is 0 Å². The van der Waals surface area contributed by atoms with Crippen LogP contribution in [-0.2, 0) is 0 Å². The van der Waals surface area contributed by atoms with Crippen LogP contribution < -0.4 is 21.3 Å². The van der Waals surface area contributed by atoms with Crippen molar-refractivity contribution in [3.63, 3.8) is 0 Å². The first-order valence-corrected chi connectivity index (χ1v) is 8.13. The third-order valence-corrected chi connectivity index (χ3v) is 3.65. The molecule has 4 N–H and O–H groups in total. The quantitative estimate of drug-likeness (QED) is 0.436. The Kier molecular flexibility index (Phi) is 6.32. The number of carbonyl (C=O) groups excluding carboxylic acids is 1. The van der Waals surface area contributed by atoms with Gasteiger partial charge in [0.25, 0.3) is 5.91 Å². The smallest absolute Gasteiger partial charge is 0.257 e. The van der Waals surface area contributed by atoms with Gasteiger partial charge in [0, 0.05) is 36.1 Å². The van der Waals surface area contributed by atoms with Crippen LogP contribution in [0.3, 0.4) is 0 Å². The fraction of sp³-hybridized carbons (Fsp3) is 0.118. The van der Waals surface area contributed by atoms with Gasteiger partial charge < -0.3 is 16.0 Å². The normalized spacial score (nSPS) is 10.9. The molecule has 0 bridgehead atoms. The van der Waals surface area contributed by atoms with E-state index in [1.165, 1.54) is 0 Å². The monoisotopic (exact) mass is 375 g/mol. The fourth-order valence-electron chi connectivity index (χ4n) is 1.92. The summed E-state index contributed by atoms with van der Waals surface area (Å²) in [6.45, 7) is 0. The second-order valence-electron chi connectivity index (χ2n) is 5.33. The maximum atomic E-state index is 12.1. The average molecular weight is 376 g/mol. The van der Waals surface area contributed by atoms with Gasteiger partial charge in [-0.05, 0) is 60.7 Å². The van der Waals surface area contributed by atoms with Gasteiger partial charge in [-0.15, -0.1) is 0 Å². The van der Waals surface area contributed by atoms with Crippen molar-refractivity contribution in [2.75, 3.05) is 24.3 Å². The molecule has 0 aromatic heterocycles. The van der Waals surface area contributed by atoms with Crippen LogP contribution in [0.1, 0.15) is 10.4 Å². The summed E-state index contributed by atoms with van der Waals surface area (Å²) in [4.78, 5) is 18.0. The lowest BCUT2D eigenvalue weighted by Crippen LogP contribution is -2.37. The van der Waals surface area contributed by atoms with Crippen molar-refractivity contribution in [2.45, 2.75) is 0 Å². The summed E-state index contributed by atoms with van der Waals surface area (Å²) in [6, 6.07) is 14.1. The maximum Gasteiger partial charge on any atom is 0.257 e. The second kappa shape index (κ2) is 8.46. The number of nitrogens with two attached hydrogens (primary N) is 1. The Labute approximate surface area is 156 Å². The molecular formula is C17H18ClN5OS. The van der Waals surface area contributed by atoms with Gasteiger partial charge in [0.05, 0.1) is 0 Å². The Morgan fingerprint density at radius 3 is 2.28 bits per heavy atom. The molecule has 0 fully saturated rings. The zero-order valence-electron chi connectivity index (χ0n) is 13.8. The molecule has 0 aliphatic carbocycles. The first kappa shape index (κ1) is 18.7. The van der Waals surface area contributed by atoms with E-state index in [1.807, 2.05) is 31.1 Å². The van der Waals surface area contributed by atoms with Gasteiger partial charge in [-0.1, -0.05) is 11.6 Å². The Hall–Kier alpha value is -2.64. The van der Waals surface area contributed by atoms with E-state index in [9.17, 15) is 4.79 Å². The lowest BCUT2D eigenvalue weighted by Gasteiger charge is -2.12. The average Bonchev–Trinajstić information content (AvgIpc) is 2.56. The largest absolute Gasteiger partial charge is 0.378 e. The highest BCUT2D eigenvalue weighted by Gasteiger charge is 2.08. The molecule has 2 aromatic carbocycles. The summed E-state index contributed by atoms with van der Waals surface area (Å²) in [5.41, 5.74) is 7.91. The molecule has 6 nitrogen and oxygen atoms in total. The SMILES string of the molecule is CN(C)c1ccc(C(=O)N/C(N)=N/C(=S)Nc2ccc(Cl)cc2)cc1. The van der Waals surface area contributed by atoms with E-state index in [0.717, 1.165) is 11.4 Å². The molecule has 0 spiro atoms. The molecule has 0 radical (unpaired) electrons. The molecule has 2 aromatic rings. The van der Waals surface area contributed by atoms with Crippen LogP contribution in [0.4, 0.5) is 11.4 Å². The summed E-state index contributed by atoms with van der Waals surface area (Å²) >= 11 is 10.9. The highest BCUT2D eigenvalue weighted by Crippen LogP contribution is 2.14. The lowest BCUT2D eigenvalue weighted by atomic mass is 10.2. The number of amides is 1. The topological polar surface area (TPSA) is 82.8 Å². The summed E-state index contributed by atoms with van der Waals surface area (Å²) in [7, 11) is 3.85. The van der Waals surface area contributed by atoms with Gasteiger partial charge in [0.2, 0.25) is 11.1 Å². The first-order valence-electron chi connectivity index (χ1n) is 7.34. The predicted molar refractivity (Wildman–Crippen MR) is 108 cm³/mol. The van der Waals surface area contributed by atoms with Crippen molar-refractivity contribution in [3.8, 4) is 0 Å². The van der Waals surface area contributed by atoms with Gasteiger partial charge in [0.15, 0.2) is 0 Å². The van der Waals surface area contributed by atoms with Crippen LogP contribution >= 0.6 is 23.8 Å². The fourth-order valence-corrected chi connectivity index (χ4v) is 2.26. The van der Waals surface area contributed by atoms with Crippen molar-refractivity contribution in [1.82, 2.24) is 5.32 Å². The van der Waals surface area contributed by atoms with Gasteiger partial charge in [-0.25, -0.2) is 0 Å². The number of hydrogen-bond acceptors (Lipinski definition) is 3. The van der Waals surface area contributed by atoms with E-state index in [2.05, 4.69) is 15.6 Å². The van der Waals surface area contributed by atoms with Gasteiger partial charge in [-0.2, -0.15) is 4.99 Å². The Balaban J connectivity index is 1.96. The number of aliphatic imine (C=N–C) groups is 1. The molecule has 0 saturated carbocycles. The first-order chi connectivity index (χ1) is 11.8. The molecule has 0 saturated heterocycles. The predicted octanol–water partition coefficient (Wildman–Crippen LogP) is 2.85. The standard InChI is InChI=1S/C17H18ClN5OS/c1-23(2)14-9-3-11(4-10-14)15(24)21-16(19)22-17(25)20-13-7-5-12(18)6-8-13/h3-10H,1-2H3,(H4,19,20,21,22,24,25). The summed E-state index contributed by atoms with van der Waals surface area (Å²) < 4.78 is 0. The van der Waals surface area contributed by atoms with E-state index in [-0.39, 0.29) is 17.0 Å². The number of anilines is 2. The van der Waals surface area contributed by atoms with Crippen molar-refractivity contribution in [1.29, 1.82) is 0 Å². The molecular weight excluding hydrogens is 358 g/mol. The van der Waals surface area contributed by atoms with E-state index in [4.69, 9.17) is 29.6 Å². The lowest BCUT2D eigenvalue weighted by molar-refractivity contribution is 0.0976. The Bertz CT molecular complexity index is 788. The summed E-state index contributed by atoms with van der Waals surface area (Å²) in [5, 5.41) is 6.12. The summed E-state index contributed by atoms with van der Waals surface area (Å²) in [6.07, 6.45) is 0. The number of rotatable bonds is 3. The van der Waals surface area contributed by atoms with Crippen molar-refractivity contribution >= 4 is 52.2 Å². The number of guanidine groups is 1. The minimum absolute atomic E-state index is 0.0897. The minimum Gasteiger partial charge on any atom is -0.378 e. The third-order valence-electron chi connectivity index (χ3n) is 3.20. The highest BCUT2D eigenvalue weighted by atomic mass is 35.5. The third kappa shape index (κ3) is 5.74. The van der Waals surface area contributed by atoms with E-state index in [1.54, 1.807) is 36.4 Å². The second-order valence-corrected chi connectivity index (χ2v) is 6.15. The van der Waals surface area contributed by atoms with Crippen LogP contribution in [0.25, 0.3) is 0 Å². The molecule has 0 atom stereocenters. The zero-order valence-corrected chi connectivity index (χ0v) is 15.4. The maximum absolute atomic E-state index is 12.1. The molecule has 0 aliphatic rings. The minimum atomic E-state index is -0.360. The van der Waals surface area contributed by atoms with Gasteiger partial charge in [0.1, 0.15) is 0 Å². The molecule has 2 rings (SSSR count). The summed E-state index contributed by atoms with van der Waals surface area (Å²) in [5.74, 6) is -0.450. The number of halogens is 1.